The van der Waals surface area contributed by atoms with Crippen LogP contribution in [0.25, 0.3) is 16.6 Å². The molecule has 0 aliphatic heterocycles. The first-order valence-electron chi connectivity index (χ1n) is 7.86. The summed E-state index contributed by atoms with van der Waals surface area (Å²) in [7, 11) is 0. The fraction of sp³-hybridized carbons (Fsp3) is 0.250. The molecule has 3 heteroatoms. The Kier molecular flexibility index (Phi) is 3.95. The van der Waals surface area contributed by atoms with Gasteiger partial charge in [0.1, 0.15) is 5.75 Å². The van der Waals surface area contributed by atoms with Crippen LogP contribution < -0.4 is 4.74 Å². The van der Waals surface area contributed by atoms with Crippen LogP contribution in [0, 0.1) is 20.8 Å². The summed E-state index contributed by atoms with van der Waals surface area (Å²) in [4.78, 5) is 11.7. The molecule has 0 atom stereocenters. The van der Waals surface area contributed by atoms with Crippen molar-refractivity contribution < 1.29 is 9.53 Å². The number of carbonyl (C=O) groups is 1. The molecule has 0 fully saturated rings. The topological polar surface area (TPSA) is 30.7 Å². The van der Waals surface area contributed by atoms with E-state index in [9.17, 15) is 4.79 Å². The number of benzene rings is 1. The van der Waals surface area contributed by atoms with Gasteiger partial charge in [-0.15, -0.1) is 0 Å². The van der Waals surface area contributed by atoms with E-state index in [0.717, 1.165) is 39.8 Å². The molecule has 1 aromatic carbocycles. The summed E-state index contributed by atoms with van der Waals surface area (Å²) in [6, 6.07) is 10.4. The standard InChI is InChI=1S/C20H21NO2/c1-5-23-20-14(3)9-16(10-15(20)4)18-11-17-8-13(2)6-7-21(17)19(18)12-22/h6-12H,5H2,1-4H3. The van der Waals surface area contributed by atoms with Crippen LogP contribution in [0.1, 0.15) is 34.1 Å². The molecule has 3 aromatic rings. The SMILES string of the molecule is CCOc1c(C)cc(-c2cc3cc(C)ccn3c2C=O)cc1C. The molecule has 0 bridgehead atoms. The van der Waals surface area contributed by atoms with Gasteiger partial charge in [-0.25, -0.2) is 0 Å². The third kappa shape index (κ3) is 2.63. The highest BCUT2D eigenvalue weighted by Gasteiger charge is 2.14. The van der Waals surface area contributed by atoms with Crippen LogP contribution in [-0.4, -0.2) is 17.3 Å². The molecule has 23 heavy (non-hydrogen) atoms. The zero-order valence-electron chi connectivity index (χ0n) is 14.0. The largest absolute Gasteiger partial charge is 0.493 e. The minimum atomic E-state index is 0.649. The summed E-state index contributed by atoms with van der Waals surface area (Å²) in [6.07, 6.45) is 2.88. The van der Waals surface area contributed by atoms with Crippen molar-refractivity contribution in [3.63, 3.8) is 0 Å². The predicted octanol–water partition coefficient (Wildman–Crippen LogP) is 4.74. The summed E-state index contributed by atoms with van der Waals surface area (Å²) < 4.78 is 7.66. The lowest BCUT2D eigenvalue weighted by Crippen LogP contribution is -1.98. The van der Waals surface area contributed by atoms with E-state index in [1.54, 1.807) is 0 Å². The highest BCUT2D eigenvalue weighted by molar-refractivity contribution is 5.90. The number of hydrogen-bond donors (Lipinski definition) is 0. The molecule has 0 saturated heterocycles. The fourth-order valence-corrected chi connectivity index (χ4v) is 3.14. The Bertz CT molecular complexity index is 867. The Morgan fingerprint density at radius 2 is 1.78 bits per heavy atom. The van der Waals surface area contributed by atoms with E-state index in [0.29, 0.717) is 12.3 Å². The van der Waals surface area contributed by atoms with Crippen molar-refractivity contribution in [2.75, 3.05) is 6.61 Å². The maximum absolute atomic E-state index is 11.7. The minimum absolute atomic E-state index is 0.649. The molecule has 0 aliphatic rings. The highest BCUT2D eigenvalue weighted by atomic mass is 16.5. The maximum Gasteiger partial charge on any atom is 0.167 e. The van der Waals surface area contributed by atoms with E-state index in [1.165, 1.54) is 5.56 Å². The van der Waals surface area contributed by atoms with Gasteiger partial charge in [0.15, 0.2) is 6.29 Å². The molecule has 0 radical (unpaired) electrons. The van der Waals surface area contributed by atoms with E-state index < -0.39 is 0 Å². The quantitative estimate of drug-likeness (QED) is 0.652. The van der Waals surface area contributed by atoms with Crippen LogP contribution in [0.3, 0.4) is 0 Å². The van der Waals surface area contributed by atoms with E-state index >= 15 is 0 Å². The fourth-order valence-electron chi connectivity index (χ4n) is 3.14. The number of hydrogen-bond acceptors (Lipinski definition) is 2. The number of nitrogens with zero attached hydrogens (tertiary/aromatic N) is 1. The molecule has 0 aliphatic carbocycles. The number of aromatic nitrogens is 1. The monoisotopic (exact) mass is 307 g/mol. The van der Waals surface area contributed by atoms with Gasteiger partial charge in [0, 0.05) is 17.3 Å². The lowest BCUT2D eigenvalue weighted by Gasteiger charge is -2.12. The van der Waals surface area contributed by atoms with Gasteiger partial charge in [0.05, 0.1) is 12.3 Å². The number of aryl methyl sites for hydroxylation is 3. The van der Waals surface area contributed by atoms with Crippen LogP contribution in [0.4, 0.5) is 0 Å². The second-order valence-corrected chi connectivity index (χ2v) is 5.93. The van der Waals surface area contributed by atoms with Crippen LogP contribution in [0.5, 0.6) is 5.75 Å². The maximum atomic E-state index is 11.7. The molecule has 0 unspecified atom stereocenters. The first-order chi connectivity index (χ1) is 11.0. The van der Waals surface area contributed by atoms with Crippen LogP contribution >= 0.6 is 0 Å². The molecule has 0 amide bonds. The van der Waals surface area contributed by atoms with Gasteiger partial charge in [-0.05, 0) is 80.3 Å². The summed E-state index contributed by atoms with van der Waals surface area (Å²) in [5, 5.41) is 0. The van der Waals surface area contributed by atoms with Crippen LogP contribution in [-0.2, 0) is 0 Å². The first-order valence-corrected chi connectivity index (χ1v) is 7.86. The molecule has 2 heterocycles. The van der Waals surface area contributed by atoms with Crippen molar-refractivity contribution in [2.24, 2.45) is 0 Å². The molecule has 0 N–H and O–H groups in total. The Labute approximate surface area is 136 Å². The third-order valence-electron chi connectivity index (χ3n) is 4.14. The number of ether oxygens (including phenoxy) is 1. The van der Waals surface area contributed by atoms with Crippen molar-refractivity contribution in [1.82, 2.24) is 4.40 Å². The van der Waals surface area contributed by atoms with Crippen molar-refractivity contribution in [1.29, 1.82) is 0 Å². The van der Waals surface area contributed by atoms with E-state index in [4.69, 9.17) is 4.74 Å². The number of pyridine rings is 1. The second-order valence-electron chi connectivity index (χ2n) is 5.93. The van der Waals surface area contributed by atoms with Gasteiger partial charge in [-0.1, -0.05) is 0 Å². The molecule has 3 nitrogen and oxygen atoms in total. The number of fused-ring (bicyclic) bond motifs is 1. The zero-order chi connectivity index (χ0) is 16.6. The van der Waals surface area contributed by atoms with E-state index in [2.05, 4.69) is 31.2 Å². The Morgan fingerprint density at radius 3 is 2.39 bits per heavy atom. The zero-order valence-corrected chi connectivity index (χ0v) is 14.0. The number of aldehydes is 1. The third-order valence-corrected chi connectivity index (χ3v) is 4.14. The Morgan fingerprint density at radius 1 is 1.09 bits per heavy atom. The predicted molar refractivity (Wildman–Crippen MR) is 93.6 cm³/mol. The first kappa shape index (κ1) is 15.3. The summed E-state index contributed by atoms with van der Waals surface area (Å²) in [5.74, 6) is 0.934. The van der Waals surface area contributed by atoms with Gasteiger partial charge in [0.2, 0.25) is 0 Å². The normalized spacial score (nSPS) is 11.0. The molecule has 0 spiro atoms. The van der Waals surface area contributed by atoms with Gasteiger partial charge < -0.3 is 9.14 Å². The Hall–Kier alpha value is -2.55. The van der Waals surface area contributed by atoms with Gasteiger partial charge >= 0.3 is 0 Å². The van der Waals surface area contributed by atoms with E-state index in [-0.39, 0.29) is 0 Å². The number of rotatable bonds is 4. The van der Waals surface area contributed by atoms with Gasteiger partial charge in [-0.2, -0.15) is 0 Å². The minimum Gasteiger partial charge on any atom is -0.493 e. The molecule has 2 aromatic heterocycles. The van der Waals surface area contributed by atoms with Crippen LogP contribution in [0.15, 0.2) is 36.5 Å². The summed E-state index contributed by atoms with van der Waals surface area (Å²) in [5.41, 5.74) is 7.08. The van der Waals surface area contributed by atoms with Gasteiger partial charge in [0.25, 0.3) is 0 Å². The molecule has 118 valence electrons. The van der Waals surface area contributed by atoms with E-state index in [1.807, 2.05) is 37.4 Å². The molecule has 3 rings (SSSR count). The average molecular weight is 307 g/mol. The van der Waals surface area contributed by atoms with Crippen molar-refractivity contribution >= 4 is 11.8 Å². The van der Waals surface area contributed by atoms with Gasteiger partial charge in [-0.3, -0.25) is 4.79 Å². The van der Waals surface area contributed by atoms with Crippen molar-refractivity contribution in [2.45, 2.75) is 27.7 Å². The lowest BCUT2D eigenvalue weighted by atomic mass is 10.00. The number of carbonyl (C=O) groups excluding carboxylic acids is 1. The van der Waals surface area contributed by atoms with Crippen LogP contribution in [0.2, 0.25) is 0 Å². The Balaban J connectivity index is 2.22. The molecular formula is C20H21NO2. The summed E-state index contributed by atoms with van der Waals surface area (Å²) >= 11 is 0. The smallest absolute Gasteiger partial charge is 0.167 e. The highest BCUT2D eigenvalue weighted by Crippen LogP contribution is 2.33. The van der Waals surface area contributed by atoms with Crippen molar-refractivity contribution in [3.8, 4) is 16.9 Å². The molecule has 0 saturated carbocycles. The second kappa shape index (κ2) is 5.92. The van der Waals surface area contributed by atoms with Crippen molar-refractivity contribution in [3.05, 3.63) is 58.9 Å². The average Bonchev–Trinajstić information content (AvgIpc) is 2.88. The lowest BCUT2D eigenvalue weighted by molar-refractivity contribution is 0.111. The molecular weight excluding hydrogens is 286 g/mol. The summed E-state index contributed by atoms with van der Waals surface area (Å²) in [6.45, 7) is 8.78.